The molecule has 0 saturated carbocycles. The molecule has 0 bridgehead atoms. The predicted molar refractivity (Wildman–Crippen MR) is 161 cm³/mol. The number of carbonyl (C=O) groups excluding carboxylic acids is 1. The van der Waals surface area contributed by atoms with E-state index in [1.54, 1.807) is 38.5 Å². The highest BCUT2D eigenvalue weighted by atomic mass is 32.2. The maximum atomic E-state index is 13.3. The second-order valence-electron chi connectivity index (χ2n) is 9.46. The fourth-order valence-corrected chi connectivity index (χ4v) is 6.40. The van der Waals surface area contributed by atoms with Crippen LogP contribution >= 0.6 is 11.8 Å². The Balaban J connectivity index is 1.77. The molecule has 40 heavy (non-hydrogen) atoms. The van der Waals surface area contributed by atoms with Crippen molar-refractivity contribution in [1.82, 2.24) is 4.90 Å². The number of hydrogen-bond acceptors (Lipinski definition) is 7. The summed E-state index contributed by atoms with van der Waals surface area (Å²) in [4.78, 5) is 15.2. The number of sulfonamides is 1. The summed E-state index contributed by atoms with van der Waals surface area (Å²) < 4.78 is 46.6. The van der Waals surface area contributed by atoms with Gasteiger partial charge in [0, 0.05) is 20.3 Å². The van der Waals surface area contributed by atoms with Crippen molar-refractivity contribution in [2.75, 3.05) is 34.0 Å². The molecule has 10 heteroatoms. The number of carbonyl (C=O) groups is 1. The normalized spacial score (nSPS) is 15.8. The van der Waals surface area contributed by atoms with Gasteiger partial charge in [0.1, 0.15) is 0 Å². The molecule has 2 aromatic carbocycles. The lowest BCUT2D eigenvalue weighted by Gasteiger charge is -2.15. The molecular weight excluding hydrogens is 548 g/mol. The smallest absolute Gasteiger partial charge is 0.284 e. The maximum Gasteiger partial charge on any atom is 0.284 e. The standard InChI is InChI=1S/C30H40N2O6S2/c1-4-5-6-7-8-9-13-21-38-27-22-24(17-18-26(27)37-3)23-28-29(33)32(19-14-20-36-2)30(39-28)31-40(34,35)25-15-11-10-12-16-25/h10-12,15-18,22-23H,4-9,13-14,19-21H2,1-3H3/b28-23-,31-30?. The number of hydrogen-bond donors (Lipinski definition) is 0. The van der Waals surface area contributed by atoms with Crippen LogP contribution in [0.5, 0.6) is 11.5 Å². The van der Waals surface area contributed by atoms with Gasteiger partial charge in [-0.1, -0.05) is 69.7 Å². The van der Waals surface area contributed by atoms with Gasteiger partial charge in [-0.05, 0) is 60.5 Å². The van der Waals surface area contributed by atoms with Gasteiger partial charge < -0.3 is 14.2 Å². The highest BCUT2D eigenvalue weighted by molar-refractivity contribution is 8.19. The molecule has 1 heterocycles. The second-order valence-corrected chi connectivity index (χ2v) is 12.1. The molecule has 1 amide bonds. The Bertz CT molecular complexity index is 1260. The average Bonchev–Trinajstić information content (AvgIpc) is 3.23. The average molecular weight is 589 g/mol. The van der Waals surface area contributed by atoms with Gasteiger partial charge in [-0.2, -0.15) is 8.42 Å². The Kier molecular flexibility index (Phi) is 13.0. The van der Waals surface area contributed by atoms with Gasteiger partial charge >= 0.3 is 0 Å². The number of methoxy groups -OCH3 is 2. The van der Waals surface area contributed by atoms with Gasteiger partial charge in [-0.15, -0.1) is 4.40 Å². The van der Waals surface area contributed by atoms with Crippen LogP contribution in [0, 0.1) is 0 Å². The first-order chi connectivity index (χ1) is 19.4. The van der Waals surface area contributed by atoms with Crippen molar-refractivity contribution >= 4 is 38.9 Å². The van der Waals surface area contributed by atoms with Gasteiger partial charge in [0.15, 0.2) is 16.7 Å². The molecule has 218 valence electrons. The summed E-state index contributed by atoms with van der Waals surface area (Å²) in [7, 11) is -0.810. The van der Waals surface area contributed by atoms with Crippen molar-refractivity contribution in [2.24, 2.45) is 4.40 Å². The third-order valence-electron chi connectivity index (χ3n) is 6.35. The molecule has 1 saturated heterocycles. The number of unbranched alkanes of at least 4 members (excludes halogenated alkanes) is 6. The van der Waals surface area contributed by atoms with E-state index in [0.29, 0.717) is 36.0 Å². The molecule has 0 radical (unpaired) electrons. The minimum Gasteiger partial charge on any atom is -0.493 e. The number of amides is 1. The van der Waals surface area contributed by atoms with Crippen LogP contribution in [-0.2, 0) is 19.6 Å². The number of ether oxygens (including phenoxy) is 3. The van der Waals surface area contributed by atoms with Gasteiger partial charge in [0.25, 0.3) is 15.9 Å². The third-order valence-corrected chi connectivity index (χ3v) is 8.75. The van der Waals surface area contributed by atoms with E-state index in [2.05, 4.69) is 11.3 Å². The molecule has 8 nitrogen and oxygen atoms in total. The van der Waals surface area contributed by atoms with Gasteiger partial charge in [0.2, 0.25) is 0 Å². The van der Waals surface area contributed by atoms with Gasteiger partial charge in [-0.25, -0.2) is 0 Å². The molecular formula is C30H40N2O6S2. The van der Waals surface area contributed by atoms with E-state index in [0.717, 1.165) is 30.2 Å². The lowest BCUT2D eigenvalue weighted by atomic mass is 10.1. The van der Waals surface area contributed by atoms with Crippen LogP contribution in [0.25, 0.3) is 6.08 Å². The Morgan fingerprint density at radius 1 is 0.900 bits per heavy atom. The highest BCUT2D eigenvalue weighted by Gasteiger charge is 2.34. The first-order valence-electron chi connectivity index (χ1n) is 13.8. The van der Waals surface area contributed by atoms with Crippen molar-refractivity contribution < 1.29 is 27.4 Å². The van der Waals surface area contributed by atoms with E-state index in [-0.39, 0.29) is 22.5 Å². The largest absolute Gasteiger partial charge is 0.493 e. The summed E-state index contributed by atoms with van der Waals surface area (Å²) in [6.07, 6.45) is 10.6. The lowest BCUT2D eigenvalue weighted by molar-refractivity contribution is -0.122. The van der Waals surface area contributed by atoms with Crippen molar-refractivity contribution in [2.45, 2.75) is 63.2 Å². The minimum absolute atomic E-state index is 0.0720. The Morgan fingerprint density at radius 2 is 1.62 bits per heavy atom. The number of amidine groups is 1. The maximum absolute atomic E-state index is 13.3. The predicted octanol–water partition coefficient (Wildman–Crippen LogP) is 6.52. The van der Waals surface area contributed by atoms with E-state index in [1.165, 1.54) is 49.1 Å². The molecule has 0 N–H and O–H groups in total. The molecule has 0 unspecified atom stereocenters. The molecule has 1 aliphatic heterocycles. The van der Waals surface area contributed by atoms with E-state index in [9.17, 15) is 13.2 Å². The summed E-state index contributed by atoms with van der Waals surface area (Å²) >= 11 is 1.04. The third kappa shape index (κ3) is 9.38. The molecule has 0 atom stereocenters. The van der Waals surface area contributed by atoms with Crippen molar-refractivity contribution in [3.05, 3.63) is 59.0 Å². The molecule has 2 aromatic rings. The molecule has 3 rings (SSSR count). The summed E-state index contributed by atoms with van der Waals surface area (Å²) in [6, 6.07) is 13.5. The van der Waals surface area contributed by atoms with Gasteiger partial charge in [-0.3, -0.25) is 9.69 Å². The molecule has 0 spiro atoms. The zero-order valence-electron chi connectivity index (χ0n) is 23.6. The summed E-state index contributed by atoms with van der Waals surface area (Å²) in [5.74, 6) is 0.924. The summed E-state index contributed by atoms with van der Waals surface area (Å²) in [5.41, 5.74) is 0.746. The van der Waals surface area contributed by atoms with Crippen LogP contribution in [0.3, 0.4) is 0 Å². The first-order valence-corrected chi connectivity index (χ1v) is 16.1. The number of thioether (sulfide) groups is 1. The van der Waals surface area contributed by atoms with Crippen LogP contribution in [0.1, 0.15) is 63.9 Å². The SMILES string of the molecule is CCCCCCCCCOc1cc(/C=C2\SC(=NS(=O)(=O)c3ccccc3)N(CCCOC)C2=O)ccc1OC. The number of benzene rings is 2. The van der Waals surface area contributed by atoms with E-state index < -0.39 is 10.0 Å². The fraction of sp³-hybridized carbons (Fsp3) is 0.467. The van der Waals surface area contributed by atoms with Crippen LogP contribution < -0.4 is 9.47 Å². The Labute approximate surface area is 242 Å². The highest BCUT2D eigenvalue weighted by Crippen LogP contribution is 2.36. The number of rotatable bonds is 17. The van der Waals surface area contributed by atoms with Crippen molar-refractivity contribution in [3.8, 4) is 11.5 Å². The van der Waals surface area contributed by atoms with E-state index in [4.69, 9.17) is 14.2 Å². The monoisotopic (exact) mass is 588 g/mol. The second kappa shape index (κ2) is 16.4. The zero-order chi connectivity index (χ0) is 28.8. The zero-order valence-corrected chi connectivity index (χ0v) is 25.3. The quantitative estimate of drug-likeness (QED) is 0.153. The lowest BCUT2D eigenvalue weighted by Crippen LogP contribution is -2.31. The molecule has 1 aliphatic rings. The Hall–Kier alpha value is -2.82. The summed E-state index contributed by atoms with van der Waals surface area (Å²) in [6.45, 7) is 3.52. The van der Waals surface area contributed by atoms with Crippen molar-refractivity contribution in [1.29, 1.82) is 0 Å². The van der Waals surface area contributed by atoms with E-state index >= 15 is 0 Å². The van der Waals surface area contributed by atoms with Crippen LogP contribution in [0.15, 0.2) is 62.7 Å². The Morgan fingerprint density at radius 3 is 2.33 bits per heavy atom. The van der Waals surface area contributed by atoms with Crippen LogP contribution in [0.2, 0.25) is 0 Å². The molecule has 0 aromatic heterocycles. The minimum atomic E-state index is -3.99. The number of nitrogens with zero attached hydrogens (tertiary/aromatic N) is 2. The fourth-order valence-electron chi connectivity index (χ4n) is 4.18. The molecule has 0 aliphatic carbocycles. The first kappa shape index (κ1) is 31.7. The van der Waals surface area contributed by atoms with Crippen LogP contribution in [-0.4, -0.2) is 58.4 Å². The van der Waals surface area contributed by atoms with Crippen molar-refractivity contribution in [3.63, 3.8) is 0 Å². The van der Waals surface area contributed by atoms with Gasteiger partial charge in [0.05, 0.1) is 23.5 Å². The topological polar surface area (TPSA) is 94.5 Å². The molecule has 1 fully saturated rings. The summed E-state index contributed by atoms with van der Waals surface area (Å²) in [5, 5.41) is 0.125. The van der Waals surface area contributed by atoms with Crippen LogP contribution in [0.4, 0.5) is 0 Å². The van der Waals surface area contributed by atoms with E-state index in [1.807, 2.05) is 18.2 Å².